The monoisotopic (exact) mass is 452 g/mol. The summed E-state index contributed by atoms with van der Waals surface area (Å²) >= 11 is 0. The molecule has 3 aromatic heterocycles. The van der Waals surface area contributed by atoms with E-state index in [0.717, 1.165) is 64.7 Å². The number of fused-ring (bicyclic) bond motifs is 1. The summed E-state index contributed by atoms with van der Waals surface area (Å²) in [5, 5.41) is 14.3. The van der Waals surface area contributed by atoms with E-state index in [1.54, 1.807) is 0 Å². The minimum absolute atomic E-state index is 0.217. The van der Waals surface area contributed by atoms with Crippen LogP contribution in [0.25, 0.3) is 22.2 Å². The second kappa shape index (κ2) is 9.69. The Morgan fingerprint density at radius 3 is 2.65 bits per heavy atom. The molecule has 1 aliphatic carbocycles. The number of pyridine rings is 3. The summed E-state index contributed by atoms with van der Waals surface area (Å²) in [6.07, 6.45) is 7.38. The summed E-state index contributed by atoms with van der Waals surface area (Å²) in [5.41, 5.74) is 6.06. The molecule has 0 bridgehead atoms. The third-order valence-corrected chi connectivity index (χ3v) is 6.51. The van der Waals surface area contributed by atoms with E-state index in [2.05, 4.69) is 26.3 Å². The van der Waals surface area contributed by atoms with Crippen LogP contribution < -0.4 is 5.32 Å². The topological polar surface area (TPSA) is 88.0 Å². The van der Waals surface area contributed by atoms with Crippen molar-refractivity contribution in [3.8, 4) is 11.3 Å². The molecule has 0 saturated heterocycles. The number of aromatic nitrogens is 3. The van der Waals surface area contributed by atoms with E-state index in [9.17, 15) is 9.90 Å². The number of benzene rings is 1. The molecule has 0 aliphatic heterocycles. The van der Waals surface area contributed by atoms with Crippen LogP contribution in [0.5, 0.6) is 0 Å². The van der Waals surface area contributed by atoms with Crippen molar-refractivity contribution in [1.29, 1.82) is 0 Å². The number of nitrogens with zero attached hydrogens (tertiary/aromatic N) is 3. The van der Waals surface area contributed by atoms with Crippen LogP contribution in [0.2, 0.25) is 0 Å². The number of hydrogen-bond donors (Lipinski definition) is 2. The molecule has 6 nitrogen and oxygen atoms in total. The third-order valence-electron chi connectivity index (χ3n) is 6.51. The smallest absolute Gasteiger partial charge is 0.270 e. The molecule has 6 heteroatoms. The first-order chi connectivity index (χ1) is 16.6. The molecular weight excluding hydrogens is 424 g/mol. The minimum atomic E-state index is -0.494. The van der Waals surface area contributed by atoms with E-state index in [0.29, 0.717) is 12.1 Å². The minimum Gasteiger partial charge on any atom is -0.391 e. The number of aryl methyl sites for hydroxylation is 1. The van der Waals surface area contributed by atoms with Gasteiger partial charge in [-0.15, -0.1) is 0 Å². The van der Waals surface area contributed by atoms with Gasteiger partial charge in [-0.25, -0.2) is 4.98 Å². The number of carbonyl (C=O) groups excluding carboxylic acids is 1. The highest BCUT2D eigenvalue weighted by molar-refractivity contribution is 5.96. The van der Waals surface area contributed by atoms with Gasteiger partial charge in [0.15, 0.2) is 0 Å². The van der Waals surface area contributed by atoms with Gasteiger partial charge >= 0.3 is 0 Å². The first-order valence-corrected chi connectivity index (χ1v) is 11.8. The summed E-state index contributed by atoms with van der Waals surface area (Å²) in [4.78, 5) is 26.6. The first-order valence-electron chi connectivity index (χ1n) is 11.8. The maximum atomic E-state index is 13.0. The fraction of sp³-hybridized carbons (Fsp3) is 0.286. The number of aliphatic hydroxyl groups excluding tert-OH is 1. The predicted molar refractivity (Wildman–Crippen MR) is 132 cm³/mol. The normalized spacial score (nSPS) is 18.1. The average Bonchev–Trinajstić information content (AvgIpc) is 2.86. The molecule has 1 amide bonds. The zero-order valence-electron chi connectivity index (χ0n) is 19.2. The molecule has 34 heavy (non-hydrogen) atoms. The lowest BCUT2D eigenvalue weighted by molar-refractivity contribution is 0.0714. The lowest BCUT2D eigenvalue weighted by atomic mass is 9.92. The molecule has 0 radical (unpaired) electrons. The van der Waals surface area contributed by atoms with Crippen LogP contribution in [0.3, 0.4) is 0 Å². The molecule has 1 aliphatic rings. The molecule has 2 atom stereocenters. The SMILES string of the molecule is Cc1ccc(-c2ccc(Cc3cc(C(=O)N[C@H]4CCCC[C@@H]4O)nc4ccccc34)cn2)cn1. The number of rotatable bonds is 5. The first kappa shape index (κ1) is 22.2. The maximum Gasteiger partial charge on any atom is 0.270 e. The number of hydrogen-bond acceptors (Lipinski definition) is 5. The average molecular weight is 453 g/mol. The quantitative estimate of drug-likeness (QED) is 0.461. The van der Waals surface area contributed by atoms with Gasteiger partial charge in [-0.2, -0.15) is 0 Å². The lowest BCUT2D eigenvalue weighted by Gasteiger charge is -2.28. The number of para-hydroxylation sites is 1. The van der Waals surface area contributed by atoms with Gasteiger partial charge < -0.3 is 10.4 Å². The van der Waals surface area contributed by atoms with E-state index in [1.165, 1.54) is 0 Å². The van der Waals surface area contributed by atoms with Crippen molar-refractivity contribution in [1.82, 2.24) is 20.3 Å². The van der Waals surface area contributed by atoms with E-state index < -0.39 is 6.10 Å². The van der Waals surface area contributed by atoms with Crippen molar-refractivity contribution < 1.29 is 9.90 Å². The van der Waals surface area contributed by atoms with E-state index in [-0.39, 0.29) is 11.9 Å². The Labute approximate surface area is 199 Å². The summed E-state index contributed by atoms with van der Waals surface area (Å²) in [5.74, 6) is -0.238. The number of nitrogens with one attached hydrogen (secondary N) is 1. The zero-order chi connectivity index (χ0) is 23.5. The molecule has 1 aromatic carbocycles. The Hall–Kier alpha value is -3.64. The molecule has 1 fully saturated rings. The van der Waals surface area contributed by atoms with Crippen LogP contribution in [0.1, 0.15) is 53.0 Å². The lowest BCUT2D eigenvalue weighted by Crippen LogP contribution is -2.45. The van der Waals surface area contributed by atoms with Gasteiger partial charge in [0.1, 0.15) is 5.69 Å². The van der Waals surface area contributed by atoms with Gasteiger partial charge in [0, 0.05) is 29.0 Å². The van der Waals surface area contributed by atoms with Crippen molar-refractivity contribution in [3.63, 3.8) is 0 Å². The Morgan fingerprint density at radius 2 is 1.88 bits per heavy atom. The maximum absolute atomic E-state index is 13.0. The highest BCUT2D eigenvalue weighted by Gasteiger charge is 2.25. The van der Waals surface area contributed by atoms with Gasteiger partial charge in [0.25, 0.3) is 5.91 Å². The summed E-state index contributed by atoms with van der Waals surface area (Å²) < 4.78 is 0. The third kappa shape index (κ3) is 4.82. The molecule has 5 rings (SSSR count). The van der Waals surface area contributed by atoms with Gasteiger partial charge in [-0.05, 0) is 67.6 Å². The van der Waals surface area contributed by atoms with Crippen molar-refractivity contribution in [3.05, 3.63) is 89.5 Å². The van der Waals surface area contributed by atoms with Crippen LogP contribution in [0.4, 0.5) is 0 Å². The van der Waals surface area contributed by atoms with E-state index in [4.69, 9.17) is 0 Å². The molecular formula is C28H28N4O2. The molecule has 0 spiro atoms. The van der Waals surface area contributed by atoms with E-state index >= 15 is 0 Å². The Kier molecular flexibility index (Phi) is 6.32. The van der Waals surface area contributed by atoms with Gasteiger partial charge in [0.05, 0.1) is 23.4 Å². The van der Waals surface area contributed by atoms with Crippen molar-refractivity contribution in [2.75, 3.05) is 0 Å². The van der Waals surface area contributed by atoms with Crippen molar-refractivity contribution >= 4 is 16.8 Å². The molecule has 172 valence electrons. The van der Waals surface area contributed by atoms with Crippen LogP contribution in [0, 0.1) is 6.92 Å². The Bertz CT molecular complexity index is 1300. The number of carbonyl (C=O) groups is 1. The van der Waals surface area contributed by atoms with Crippen molar-refractivity contribution in [2.24, 2.45) is 0 Å². The van der Waals surface area contributed by atoms with Crippen molar-refractivity contribution in [2.45, 2.75) is 51.2 Å². The second-order valence-electron chi connectivity index (χ2n) is 9.03. The molecule has 1 saturated carbocycles. The second-order valence-corrected chi connectivity index (χ2v) is 9.03. The highest BCUT2D eigenvalue weighted by Crippen LogP contribution is 2.24. The van der Waals surface area contributed by atoms with Crippen LogP contribution in [-0.2, 0) is 6.42 Å². The molecule has 3 heterocycles. The van der Waals surface area contributed by atoms with Crippen LogP contribution >= 0.6 is 0 Å². The summed E-state index contributed by atoms with van der Waals surface area (Å²) in [7, 11) is 0. The Morgan fingerprint density at radius 1 is 1.03 bits per heavy atom. The molecule has 0 unspecified atom stereocenters. The zero-order valence-corrected chi connectivity index (χ0v) is 19.2. The summed E-state index contributed by atoms with van der Waals surface area (Å²) in [6.45, 7) is 1.96. The largest absolute Gasteiger partial charge is 0.391 e. The van der Waals surface area contributed by atoms with Gasteiger partial charge in [-0.3, -0.25) is 14.8 Å². The van der Waals surface area contributed by atoms with Gasteiger partial charge in [-0.1, -0.05) is 37.1 Å². The standard InChI is InChI=1S/C28H28N4O2/c1-18-10-12-20(17-29-18)23-13-11-19(16-30-23)14-21-15-26(31-24-7-3-2-6-22(21)24)28(34)32-25-8-4-5-9-27(25)33/h2-3,6-7,10-13,15-17,25,27,33H,4-5,8-9,14H2,1H3,(H,32,34)/t25-,27-/m0/s1. The van der Waals surface area contributed by atoms with Crippen LogP contribution in [0.15, 0.2) is 67.0 Å². The highest BCUT2D eigenvalue weighted by atomic mass is 16.3. The van der Waals surface area contributed by atoms with E-state index in [1.807, 2.05) is 67.8 Å². The fourth-order valence-electron chi connectivity index (χ4n) is 4.57. The fourth-order valence-corrected chi connectivity index (χ4v) is 4.57. The molecule has 4 aromatic rings. The molecule has 2 N–H and O–H groups in total. The number of amides is 1. The van der Waals surface area contributed by atoms with Gasteiger partial charge in [0.2, 0.25) is 0 Å². The predicted octanol–water partition coefficient (Wildman–Crippen LogP) is 4.62. The van der Waals surface area contributed by atoms with Crippen LogP contribution in [-0.4, -0.2) is 38.1 Å². The summed E-state index contributed by atoms with van der Waals surface area (Å²) in [6, 6.07) is 17.6. The Balaban J connectivity index is 1.41. The number of aliphatic hydroxyl groups is 1.